The Morgan fingerprint density at radius 2 is 1.80 bits per heavy atom. The van der Waals surface area contributed by atoms with Gasteiger partial charge in [-0.2, -0.15) is 0 Å². The molecule has 0 saturated heterocycles. The summed E-state index contributed by atoms with van der Waals surface area (Å²) in [5.74, 6) is -0.328. The zero-order chi connectivity index (χ0) is 11.4. The minimum Gasteiger partial charge on any atom is -0.466 e. The Kier molecular flexibility index (Phi) is 3.89. The molecule has 1 aromatic carbocycles. The van der Waals surface area contributed by atoms with Crippen LogP contribution in [-0.2, 0) is 9.53 Å². The summed E-state index contributed by atoms with van der Waals surface area (Å²) in [5, 5.41) is 0. The predicted octanol–water partition coefficient (Wildman–Crippen LogP) is 2.97. The molecular weight excluding hydrogens is 188 g/mol. The van der Waals surface area contributed by atoms with Crippen LogP contribution in [0.4, 0.5) is 0 Å². The molecule has 0 spiro atoms. The third-order valence-electron chi connectivity index (χ3n) is 2.38. The van der Waals surface area contributed by atoms with Gasteiger partial charge < -0.3 is 4.74 Å². The summed E-state index contributed by atoms with van der Waals surface area (Å²) in [5.41, 5.74) is 3.40. The molecule has 0 heterocycles. The fourth-order valence-corrected chi connectivity index (χ4v) is 1.66. The van der Waals surface area contributed by atoms with Crippen LogP contribution >= 0.6 is 0 Å². The highest BCUT2D eigenvalue weighted by Gasteiger charge is 2.16. The average molecular weight is 206 g/mol. The second-order valence-corrected chi connectivity index (χ2v) is 3.89. The number of rotatable bonds is 3. The molecule has 15 heavy (non-hydrogen) atoms. The van der Waals surface area contributed by atoms with Crippen LogP contribution in [0.25, 0.3) is 0 Å². The van der Waals surface area contributed by atoms with E-state index in [1.54, 1.807) is 0 Å². The zero-order valence-corrected chi connectivity index (χ0v) is 9.83. The molecule has 0 N–H and O–H groups in total. The zero-order valence-electron chi connectivity index (χ0n) is 9.83. The van der Waals surface area contributed by atoms with Crippen LogP contribution in [0.1, 0.15) is 36.5 Å². The lowest BCUT2D eigenvalue weighted by Crippen LogP contribution is -2.13. The number of hydrogen-bond acceptors (Lipinski definition) is 2. The normalized spacial score (nSPS) is 12.3. The van der Waals surface area contributed by atoms with Gasteiger partial charge in [-0.05, 0) is 33.3 Å². The highest BCUT2D eigenvalue weighted by molar-refractivity contribution is 5.77. The van der Waals surface area contributed by atoms with Crippen LogP contribution in [-0.4, -0.2) is 12.6 Å². The van der Waals surface area contributed by atoms with Crippen molar-refractivity contribution in [3.63, 3.8) is 0 Å². The van der Waals surface area contributed by atoms with Crippen molar-refractivity contribution < 1.29 is 9.53 Å². The van der Waals surface area contributed by atoms with Gasteiger partial charge in [-0.1, -0.05) is 29.3 Å². The standard InChI is InChI=1S/C13H18O2/c1-5-15-13(14)11(4)12-7-9(2)6-10(3)8-12/h6-8,11H,5H2,1-4H3. The van der Waals surface area contributed by atoms with E-state index in [0.717, 1.165) is 5.56 Å². The highest BCUT2D eigenvalue weighted by atomic mass is 16.5. The second-order valence-electron chi connectivity index (χ2n) is 3.89. The Bertz CT molecular complexity index is 335. The molecule has 0 aliphatic heterocycles. The minimum atomic E-state index is -0.177. The Balaban J connectivity index is 2.90. The third kappa shape index (κ3) is 3.08. The molecule has 2 heteroatoms. The van der Waals surface area contributed by atoms with E-state index in [4.69, 9.17) is 4.74 Å². The van der Waals surface area contributed by atoms with Crippen molar-refractivity contribution in [1.29, 1.82) is 0 Å². The summed E-state index contributed by atoms with van der Waals surface area (Å²) in [4.78, 5) is 11.5. The third-order valence-corrected chi connectivity index (χ3v) is 2.38. The van der Waals surface area contributed by atoms with Gasteiger partial charge in [0.15, 0.2) is 0 Å². The van der Waals surface area contributed by atoms with Crippen molar-refractivity contribution in [2.24, 2.45) is 0 Å². The van der Waals surface area contributed by atoms with Gasteiger partial charge in [0.2, 0.25) is 0 Å². The van der Waals surface area contributed by atoms with Crippen LogP contribution in [0.5, 0.6) is 0 Å². The summed E-state index contributed by atoms with van der Waals surface area (Å²) < 4.78 is 5.00. The van der Waals surface area contributed by atoms with E-state index in [-0.39, 0.29) is 11.9 Å². The minimum absolute atomic E-state index is 0.150. The van der Waals surface area contributed by atoms with Crippen LogP contribution in [0, 0.1) is 13.8 Å². The van der Waals surface area contributed by atoms with E-state index >= 15 is 0 Å². The topological polar surface area (TPSA) is 26.3 Å². The maximum Gasteiger partial charge on any atom is 0.313 e. The van der Waals surface area contributed by atoms with E-state index in [9.17, 15) is 4.79 Å². The molecule has 0 fully saturated rings. The van der Waals surface area contributed by atoms with Crippen molar-refractivity contribution in [2.45, 2.75) is 33.6 Å². The van der Waals surface area contributed by atoms with Crippen LogP contribution < -0.4 is 0 Å². The molecule has 1 aromatic rings. The monoisotopic (exact) mass is 206 g/mol. The maximum atomic E-state index is 11.5. The Morgan fingerprint density at radius 1 is 1.27 bits per heavy atom. The number of ether oxygens (including phenoxy) is 1. The smallest absolute Gasteiger partial charge is 0.313 e. The molecule has 2 nitrogen and oxygen atoms in total. The lowest BCUT2D eigenvalue weighted by molar-refractivity contribution is -0.144. The molecule has 0 aliphatic rings. The average Bonchev–Trinajstić information content (AvgIpc) is 2.15. The number of hydrogen-bond donors (Lipinski definition) is 0. The Morgan fingerprint density at radius 3 is 2.27 bits per heavy atom. The van der Waals surface area contributed by atoms with Gasteiger partial charge in [0.05, 0.1) is 12.5 Å². The van der Waals surface area contributed by atoms with Gasteiger partial charge in [0.25, 0.3) is 0 Å². The van der Waals surface area contributed by atoms with Gasteiger partial charge in [-0.25, -0.2) is 0 Å². The van der Waals surface area contributed by atoms with Crippen molar-refractivity contribution >= 4 is 5.97 Å². The molecule has 0 radical (unpaired) electrons. The number of aryl methyl sites for hydroxylation is 2. The Labute approximate surface area is 91.3 Å². The van der Waals surface area contributed by atoms with Crippen molar-refractivity contribution in [3.05, 3.63) is 34.9 Å². The molecule has 0 saturated carbocycles. The lowest BCUT2D eigenvalue weighted by Gasteiger charge is -2.12. The Hall–Kier alpha value is -1.31. The summed E-state index contributed by atoms with van der Waals surface area (Å²) in [7, 11) is 0. The molecule has 1 rings (SSSR count). The molecule has 0 bridgehead atoms. The number of carbonyl (C=O) groups excluding carboxylic acids is 1. The van der Waals surface area contributed by atoms with E-state index in [2.05, 4.69) is 6.07 Å². The van der Waals surface area contributed by atoms with Gasteiger partial charge in [0.1, 0.15) is 0 Å². The van der Waals surface area contributed by atoms with Crippen LogP contribution in [0.15, 0.2) is 18.2 Å². The van der Waals surface area contributed by atoms with Crippen molar-refractivity contribution in [3.8, 4) is 0 Å². The van der Waals surface area contributed by atoms with E-state index in [0.29, 0.717) is 6.61 Å². The quantitative estimate of drug-likeness (QED) is 0.711. The fourth-order valence-electron chi connectivity index (χ4n) is 1.66. The second kappa shape index (κ2) is 4.96. The molecule has 0 aliphatic carbocycles. The van der Waals surface area contributed by atoms with Gasteiger partial charge in [0, 0.05) is 0 Å². The van der Waals surface area contributed by atoms with Gasteiger partial charge in [-0.15, -0.1) is 0 Å². The molecular formula is C13H18O2. The molecule has 1 atom stereocenters. The first-order valence-electron chi connectivity index (χ1n) is 5.29. The summed E-state index contributed by atoms with van der Waals surface area (Å²) in [6, 6.07) is 6.17. The largest absolute Gasteiger partial charge is 0.466 e. The first-order chi connectivity index (χ1) is 7.04. The summed E-state index contributed by atoms with van der Waals surface area (Å²) in [6.07, 6.45) is 0. The number of carbonyl (C=O) groups is 1. The van der Waals surface area contributed by atoms with Crippen molar-refractivity contribution in [1.82, 2.24) is 0 Å². The van der Waals surface area contributed by atoms with Gasteiger partial charge >= 0.3 is 5.97 Å². The number of benzene rings is 1. The van der Waals surface area contributed by atoms with E-state index in [1.807, 2.05) is 39.8 Å². The lowest BCUT2D eigenvalue weighted by atomic mass is 9.97. The first-order valence-corrected chi connectivity index (χ1v) is 5.29. The van der Waals surface area contributed by atoms with E-state index in [1.165, 1.54) is 11.1 Å². The van der Waals surface area contributed by atoms with Crippen LogP contribution in [0.2, 0.25) is 0 Å². The van der Waals surface area contributed by atoms with Crippen molar-refractivity contribution in [2.75, 3.05) is 6.61 Å². The molecule has 82 valence electrons. The van der Waals surface area contributed by atoms with Crippen LogP contribution in [0.3, 0.4) is 0 Å². The molecule has 1 unspecified atom stereocenters. The SMILES string of the molecule is CCOC(=O)C(C)c1cc(C)cc(C)c1. The predicted molar refractivity (Wildman–Crippen MR) is 61.0 cm³/mol. The van der Waals surface area contributed by atoms with E-state index < -0.39 is 0 Å². The molecule has 0 amide bonds. The maximum absolute atomic E-state index is 11.5. The van der Waals surface area contributed by atoms with Gasteiger partial charge in [-0.3, -0.25) is 4.79 Å². The number of esters is 1. The molecule has 0 aromatic heterocycles. The highest BCUT2D eigenvalue weighted by Crippen LogP contribution is 2.19. The summed E-state index contributed by atoms with van der Waals surface area (Å²) >= 11 is 0. The fraction of sp³-hybridized carbons (Fsp3) is 0.462. The summed E-state index contributed by atoms with van der Waals surface area (Å²) in [6.45, 7) is 8.22. The first kappa shape index (κ1) is 11.8.